The molecule has 2 fully saturated rings. The number of carboxylic acids is 1. The average molecular weight is 297 g/mol. The molecule has 0 spiro atoms. The van der Waals surface area contributed by atoms with E-state index in [-0.39, 0.29) is 25.0 Å². The minimum atomic E-state index is -0.853. The second-order valence-electron chi connectivity index (χ2n) is 5.86. The molecule has 7 heteroatoms. The summed E-state index contributed by atoms with van der Waals surface area (Å²) in [4.78, 5) is 38.5. The number of aliphatic carboxylic acids is 1. The number of rotatable bonds is 4. The van der Waals surface area contributed by atoms with E-state index in [0.717, 1.165) is 25.9 Å². The number of carbonyl (C=O) groups is 3. The van der Waals surface area contributed by atoms with Crippen LogP contribution < -0.4 is 5.32 Å². The summed E-state index contributed by atoms with van der Waals surface area (Å²) in [6.07, 6.45) is 3.00. The first-order valence-corrected chi connectivity index (χ1v) is 7.52. The topological polar surface area (TPSA) is 90.0 Å². The van der Waals surface area contributed by atoms with Gasteiger partial charge in [0.25, 0.3) is 0 Å². The predicted octanol–water partition coefficient (Wildman–Crippen LogP) is 0.505. The standard InChI is InChI=1S/C14H23N3O4/c1-2-14(12(19)20)5-8-17(10-14)13(21)15-9-11(18)16-6-3-4-7-16/h2-10H2,1H3,(H,15,21)(H,19,20). The number of amides is 3. The summed E-state index contributed by atoms with van der Waals surface area (Å²) >= 11 is 0. The van der Waals surface area contributed by atoms with Gasteiger partial charge in [-0.3, -0.25) is 9.59 Å². The fourth-order valence-electron chi connectivity index (χ4n) is 3.00. The molecule has 0 saturated carbocycles. The highest BCUT2D eigenvalue weighted by molar-refractivity contribution is 5.85. The lowest BCUT2D eigenvalue weighted by Gasteiger charge is -2.23. The molecule has 0 bridgehead atoms. The van der Waals surface area contributed by atoms with Crippen molar-refractivity contribution < 1.29 is 19.5 Å². The van der Waals surface area contributed by atoms with Crippen LogP contribution in [0.1, 0.15) is 32.6 Å². The first-order valence-electron chi connectivity index (χ1n) is 7.52. The molecule has 2 N–H and O–H groups in total. The maximum absolute atomic E-state index is 12.0. The molecule has 1 atom stereocenters. The molecule has 0 aromatic heterocycles. The number of urea groups is 1. The van der Waals surface area contributed by atoms with Gasteiger partial charge in [0.2, 0.25) is 5.91 Å². The maximum Gasteiger partial charge on any atom is 0.317 e. The Labute approximate surface area is 124 Å². The van der Waals surface area contributed by atoms with Gasteiger partial charge in [0.1, 0.15) is 0 Å². The molecule has 2 aliphatic rings. The second-order valence-corrected chi connectivity index (χ2v) is 5.86. The van der Waals surface area contributed by atoms with Gasteiger partial charge in [0, 0.05) is 26.2 Å². The third kappa shape index (κ3) is 3.28. The number of nitrogens with one attached hydrogen (secondary N) is 1. The summed E-state index contributed by atoms with van der Waals surface area (Å²) < 4.78 is 0. The van der Waals surface area contributed by atoms with Gasteiger partial charge in [-0.15, -0.1) is 0 Å². The van der Waals surface area contributed by atoms with Gasteiger partial charge in [-0.1, -0.05) is 6.92 Å². The SMILES string of the molecule is CCC1(C(=O)O)CCN(C(=O)NCC(=O)N2CCCC2)C1. The maximum atomic E-state index is 12.0. The summed E-state index contributed by atoms with van der Waals surface area (Å²) in [5, 5.41) is 11.9. The molecule has 0 radical (unpaired) electrons. The van der Waals surface area contributed by atoms with Crippen molar-refractivity contribution in [3.8, 4) is 0 Å². The fourth-order valence-corrected chi connectivity index (χ4v) is 3.00. The highest BCUT2D eigenvalue weighted by Gasteiger charge is 2.44. The van der Waals surface area contributed by atoms with Crippen molar-refractivity contribution in [1.29, 1.82) is 0 Å². The number of carbonyl (C=O) groups excluding carboxylic acids is 2. The van der Waals surface area contributed by atoms with Crippen molar-refractivity contribution >= 4 is 17.9 Å². The van der Waals surface area contributed by atoms with Crippen LogP contribution >= 0.6 is 0 Å². The van der Waals surface area contributed by atoms with E-state index in [4.69, 9.17) is 0 Å². The second kappa shape index (κ2) is 6.32. The van der Waals surface area contributed by atoms with Crippen LogP contribution in [0.2, 0.25) is 0 Å². The Kier molecular flexibility index (Phi) is 4.69. The van der Waals surface area contributed by atoms with Gasteiger partial charge in [0.05, 0.1) is 12.0 Å². The van der Waals surface area contributed by atoms with E-state index in [2.05, 4.69) is 5.32 Å². The predicted molar refractivity (Wildman–Crippen MR) is 75.8 cm³/mol. The third-order valence-corrected chi connectivity index (χ3v) is 4.62. The molecular formula is C14H23N3O4. The summed E-state index contributed by atoms with van der Waals surface area (Å²) in [5.41, 5.74) is -0.837. The molecule has 118 valence electrons. The first-order chi connectivity index (χ1) is 9.98. The molecule has 0 aliphatic carbocycles. The number of likely N-dealkylation sites (tertiary alicyclic amines) is 2. The van der Waals surface area contributed by atoms with E-state index >= 15 is 0 Å². The number of hydrogen-bond acceptors (Lipinski definition) is 3. The molecule has 0 aromatic carbocycles. The van der Waals surface area contributed by atoms with E-state index in [9.17, 15) is 19.5 Å². The van der Waals surface area contributed by atoms with E-state index in [1.54, 1.807) is 4.90 Å². The van der Waals surface area contributed by atoms with Crippen LogP contribution in [0.15, 0.2) is 0 Å². The van der Waals surface area contributed by atoms with Crippen molar-refractivity contribution in [2.75, 3.05) is 32.7 Å². The molecule has 2 saturated heterocycles. The molecule has 7 nitrogen and oxygen atoms in total. The molecule has 3 amide bonds. The van der Waals surface area contributed by atoms with Crippen molar-refractivity contribution in [1.82, 2.24) is 15.1 Å². The Bertz CT molecular complexity index is 434. The average Bonchev–Trinajstić information content (AvgIpc) is 3.13. The Hall–Kier alpha value is -1.79. The Morgan fingerprint density at radius 1 is 1.14 bits per heavy atom. The van der Waals surface area contributed by atoms with Crippen molar-refractivity contribution in [2.24, 2.45) is 5.41 Å². The normalized spacial score (nSPS) is 25.2. The van der Waals surface area contributed by atoms with Gasteiger partial charge >= 0.3 is 12.0 Å². The minimum Gasteiger partial charge on any atom is -0.481 e. The number of nitrogens with zero attached hydrogens (tertiary/aromatic N) is 2. The quantitative estimate of drug-likeness (QED) is 0.791. The highest BCUT2D eigenvalue weighted by Crippen LogP contribution is 2.34. The monoisotopic (exact) mass is 297 g/mol. The van der Waals surface area contributed by atoms with Gasteiger partial charge in [-0.05, 0) is 25.7 Å². The zero-order valence-electron chi connectivity index (χ0n) is 12.4. The zero-order valence-corrected chi connectivity index (χ0v) is 12.4. The number of carboxylic acid groups (broad SMARTS) is 1. The highest BCUT2D eigenvalue weighted by atomic mass is 16.4. The van der Waals surface area contributed by atoms with Crippen LogP contribution in [0.4, 0.5) is 4.79 Å². The van der Waals surface area contributed by atoms with Crippen LogP contribution in [0.25, 0.3) is 0 Å². The summed E-state index contributed by atoms with van der Waals surface area (Å²) in [6.45, 7) is 3.97. The van der Waals surface area contributed by atoms with Gasteiger partial charge in [0.15, 0.2) is 0 Å². The molecule has 0 aromatic rings. The van der Waals surface area contributed by atoms with Gasteiger partial charge < -0.3 is 20.2 Å². The number of hydrogen-bond donors (Lipinski definition) is 2. The lowest BCUT2D eigenvalue weighted by atomic mass is 9.84. The summed E-state index contributed by atoms with van der Waals surface area (Å²) in [5.74, 6) is -0.923. The zero-order chi connectivity index (χ0) is 15.5. The Balaban J connectivity index is 1.81. The Morgan fingerprint density at radius 2 is 1.81 bits per heavy atom. The van der Waals surface area contributed by atoms with Crippen LogP contribution in [0.3, 0.4) is 0 Å². The largest absolute Gasteiger partial charge is 0.481 e. The third-order valence-electron chi connectivity index (χ3n) is 4.62. The van der Waals surface area contributed by atoms with E-state index in [1.165, 1.54) is 4.90 Å². The van der Waals surface area contributed by atoms with E-state index < -0.39 is 11.4 Å². The van der Waals surface area contributed by atoms with Crippen LogP contribution in [-0.2, 0) is 9.59 Å². The van der Waals surface area contributed by atoms with Crippen molar-refractivity contribution in [3.05, 3.63) is 0 Å². The first kappa shape index (κ1) is 15.6. The molecule has 2 aliphatic heterocycles. The molecule has 2 heterocycles. The fraction of sp³-hybridized carbons (Fsp3) is 0.786. The van der Waals surface area contributed by atoms with Crippen LogP contribution in [0, 0.1) is 5.41 Å². The van der Waals surface area contributed by atoms with Crippen molar-refractivity contribution in [2.45, 2.75) is 32.6 Å². The van der Waals surface area contributed by atoms with Gasteiger partial charge in [-0.2, -0.15) is 0 Å². The van der Waals surface area contributed by atoms with Crippen LogP contribution in [-0.4, -0.2) is 65.5 Å². The van der Waals surface area contributed by atoms with E-state index in [1.807, 2.05) is 6.92 Å². The lowest BCUT2D eigenvalue weighted by molar-refractivity contribution is -0.148. The van der Waals surface area contributed by atoms with Crippen molar-refractivity contribution in [3.63, 3.8) is 0 Å². The summed E-state index contributed by atoms with van der Waals surface area (Å²) in [7, 11) is 0. The van der Waals surface area contributed by atoms with E-state index in [0.29, 0.717) is 19.4 Å². The smallest absolute Gasteiger partial charge is 0.317 e. The molecule has 2 rings (SSSR count). The molecule has 1 unspecified atom stereocenters. The van der Waals surface area contributed by atoms with Crippen LogP contribution in [0.5, 0.6) is 0 Å². The van der Waals surface area contributed by atoms with Gasteiger partial charge in [-0.25, -0.2) is 4.79 Å². The summed E-state index contributed by atoms with van der Waals surface area (Å²) in [6, 6.07) is -0.348. The minimum absolute atomic E-state index is 0.0124. The molecular weight excluding hydrogens is 274 g/mol. The molecule has 21 heavy (non-hydrogen) atoms. The lowest BCUT2D eigenvalue weighted by Crippen LogP contribution is -2.45. The Morgan fingerprint density at radius 3 is 2.33 bits per heavy atom.